The number of hydrogen-bond acceptors (Lipinski definition) is 2. The Bertz CT molecular complexity index is 563. The lowest BCUT2D eigenvalue weighted by atomic mass is 10.2. The number of nitrogens with zero attached hydrogens (tertiary/aromatic N) is 1. The average Bonchev–Trinajstić information content (AvgIpc) is 2.25. The summed E-state index contributed by atoms with van der Waals surface area (Å²) in [6.45, 7) is 0.402. The zero-order chi connectivity index (χ0) is 11.5. The SMILES string of the molecule is O=c1cc(O)ccn1Cc1ccccc1Cl. The van der Waals surface area contributed by atoms with Crippen molar-refractivity contribution in [1.29, 1.82) is 0 Å². The summed E-state index contributed by atoms with van der Waals surface area (Å²) >= 11 is 5.99. The lowest BCUT2D eigenvalue weighted by Crippen LogP contribution is -2.18. The van der Waals surface area contributed by atoms with Crippen LogP contribution >= 0.6 is 11.6 Å². The molecule has 0 saturated heterocycles. The van der Waals surface area contributed by atoms with E-state index in [1.54, 1.807) is 12.3 Å². The summed E-state index contributed by atoms with van der Waals surface area (Å²) in [5.74, 6) is -0.0274. The zero-order valence-corrected chi connectivity index (χ0v) is 9.19. The molecule has 0 unspecified atom stereocenters. The molecule has 0 aliphatic rings. The Morgan fingerprint density at radius 2 is 2.00 bits per heavy atom. The molecule has 0 aliphatic carbocycles. The topological polar surface area (TPSA) is 42.2 Å². The molecule has 4 heteroatoms. The Kier molecular flexibility index (Phi) is 2.97. The summed E-state index contributed by atoms with van der Waals surface area (Å²) in [4.78, 5) is 11.5. The first-order chi connectivity index (χ1) is 7.66. The Morgan fingerprint density at radius 1 is 1.25 bits per heavy atom. The molecule has 3 nitrogen and oxygen atoms in total. The van der Waals surface area contributed by atoms with Crippen molar-refractivity contribution in [1.82, 2.24) is 4.57 Å². The minimum Gasteiger partial charge on any atom is -0.508 e. The van der Waals surface area contributed by atoms with Gasteiger partial charge >= 0.3 is 0 Å². The van der Waals surface area contributed by atoms with E-state index >= 15 is 0 Å². The van der Waals surface area contributed by atoms with Gasteiger partial charge in [0.25, 0.3) is 5.56 Å². The Hall–Kier alpha value is -1.74. The van der Waals surface area contributed by atoms with Crippen molar-refractivity contribution in [3.8, 4) is 5.75 Å². The van der Waals surface area contributed by atoms with Crippen molar-refractivity contribution in [3.63, 3.8) is 0 Å². The third-order valence-corrected chi connectivity index (χ3v) is 2.65. The van der Waals surface area contributed by atoms with E-state index in [1.807, 2.05) is 18.2 Å². The molecule has 0 spiro atoms. The molecule has 2 rings (SSSR count). The average molecular weight is 236 g/mol. The maximum absolute atomic E-state index is 11.5. The van der Waals surface area contributed by atoms with Gasteiger partial charge < -0.3 is 9.67 Å². The van der Waals surface area contributed by atoms with Gasteiger partial charge in [0.05, 0.1) is 6.54 Å². The predicted molar refractivity (Wildman–Crippen MR) is 62.9 cm³/mol. The van der Waals surface area contributed by atoms with E-state index in [1.165, 1.54) is 16.7 Å². The first-order valence-electron chi connectivity index (χ1n) is 4.80. The van der Waals surface area contributed by atoms with Crippen LogP contribution in [-0.4, -0.2) is 9.67 Å². The molecule has 0 aliphatic heterocycles. The second-order valence-corrected chi connectivity index (χ2v) is 3.85. The molecule has 1 aromatic heterocycles. The molecule has 16 heavy (non-hydrogen) atoms. The van der Waals surface area contributed by atoms with Gasteiger partial charge in [0.15, 0.2) is 0 Å². The van der Waals surface area contributed by atoms with Gasteiger partial charge in [-0.2, -0.15) is 0 Å². The van der Waals surface area contributed by atoms with Crippen LogP contribution in [-0.2, 0) is 6.54 Å². The van der Waals surface area contributed by atoms with E-state index < -0.39 is 0 Å². The minimum absolute atomic E-state index is 0.0274. The smallest absolute Gasteiger partial charge is 0.254 e. The largest absolute Gasteiger partial charge is 0.508 e. The maximum Gasteiger partial charge on any atom is 0.254 e. The van der Waals surface area contributed by atoms with E-state index in [9.17, 15) is 4.79 Å². The van der Waals surface area contributed by atoms with Crippen molar-refractivity contribution >= 4 is 11.6 Å². The first kappa shape index (κ1) is 10.8. The molecule has 0 fully saturated rings. The summed E-state index contributed by atoms with van der Waals surface area (Å²) < 4.78 is 1.49. The van der Waals surface area contributed by atoms with Gasteiger partial charge in [-0.1, -0.05) is 29.8 Å². The molecule has 0 bridgehead atoms. The van der Waals surface area contributed by atoms with Crippen molar-refractivity contribution in [2.75, 3.05) is 0 Å². The second-order valence-electron chi connectivity index (χ2n) is 3.44. The van der Waals surface area contributed by atoms with Gasteiger partial charge in [-0.25, -0.2) is 0 Å². The molecular weight excluding hydrogens is 226 g/mol. The quantitative estimate of drug-likeness (QED) is 0.868. The van der Waals surface area contributed by atoms with Crippen LogP contribution in [0, 0.1) is 0 Å². The molecule has 1 aromatic carbocycles. The Labute approximate surface area is 97.5 Å². The molecule has 2 aromatic rings. The van der Waals surface area contributed by atoms with Crippen LogP contribution in [0.5, 0.6) is 5.75 Å². The van der Waals surface area contributed by atoms with E-state index in [-0.39, 0.29) is 11.3 Å². The van der Waals surface area contributed by atoms with Gasteiger partial charge in [-0.05, 0) is 17.7 Å². The van der Waals surface area contributed by atoms with Crippen molar-refractivity contribution < 1.29 is 5.11 Å². The number of benzene rings is 1. The molecule has 0 saturated carbocycles. The van der Waals surface area contributed by atoms with Crippen molar-refractivity contribution in [3.05, 3.63) is 63.5 Å². The summed E-state index contributed by atoms with van der Waals surface area (Å²) in [5, 5.41) is 9.75. The lowest BCUT2D eigenvalue weighted by Gasteiger charge is -2.07. The molecule has 0 radical (unpaired) electrons. The van der Waals surface area contributed by atoms with E-state index in [0.717, 1.165) is 5.56 Å². The number of hydrogen-bond donors (Lipinski definition) is 1. The summed E-state index contributed by atoms with van der Waals surface area (Å²) in [6, 6.07) is 10.00. The van der Waals surface area contributed by atoms with Gasteiger partial charge in [0.1, 0.15) is 5.75 Å². The molecular formula is C12H10ClNO2. The van der Waals surface area contributed by atoms with Gasteiger partial charge in [0.2, 0.25) is 0 Å². The highest BCUT2D eigenvalue weighted by Crippen LogP contribution is 2.15. The molecule has 0 amide bonds. The third kappa shape index (κ3) is 2.25. The van der Waals surface area contributed by atoms with E-state index in [0.29, 0.717) is 11.6 Å². The Morgan fingerprint density at radius 3 is 2.69 bits per heavy atom. The van der Waals surface area contributed by atoms with Crippen LogP contribution < -0.4 is 5.56 Å². The van der Waals surface area contributed by atoms with Gasteiger partial charge in [-0.15, -0.1) is 0 Å². The fraction of sp³-hybridized carbons (Fsp3) is 0.0833. The van der Waals surface area contributed by atoms with Crippen LogP contribution in [0.3, 0.4) is 0 Å². The molecule has 1 heterocycles. The normalized spacial score (nSPS) is 10.3. The molecule has 82 valence electrons. The Balaban J connectivity index is 2.35. The summed E-state index contributed by atoms with van der Waals surface area (Å²) in [6.07, 6.45) is 1.54. The fourth-order valence-corrected chi connectivity index (χ4v) is 1.63. The van der Waals surface area contributed by atoms with E-state index in [4.69, 9.17) is 16.7 Å². The van der Waals surface area contributed by atoms with Crippen LogP contribution in [0.1, 0.15) is 5.56 Å². The standard InChI is InChI=1S/C12H10ClNO2/c13-11-4-2-1-3-9(11)8-14-6-5-10(15)7-12(14)16/h1-7,15H,8H2. The van der Waals surface area contributed by atoms with Crippen LogP contribution in [0.25, 0.3) is 0 Å². The van der Waals surface area contributed by atoms with Gasteiger partial charge in [-0.3, -0.25) is 4.79 Å². The van der Waals surface area contributed by atoms with Crippen molar-refractivity contribution in [2.24, 2.45) is 0 Å². The highest BCUT2D eigenvalue weighted by molar-refractivity contribution is 6.31. The first-order valence-corrected chi connectivity index (χ1v) is 5.17. The lowest BCUT2D eigenvalue weighted by molar-refractivity contribution is 0.471. The van der Waals surface area contributed by atoms with Crippen molar-refractivity contribution in [2.45, 2.75) is 6.54 Å². The molecule has 0 atom stereocenters. The highest BCUT2D eigenvalue weighted by atomic mass is 35.5. The monoisotopic (exact) mass is 235 g/mol. The fourth-order valence-electron chi connectivity index (χ4n) is 1.44. The number of pyridine rings is 1. The van der Waals surface area contributed by atoms with Gasteiger partial charge in [0, 0.05) is 17.3 Å². The molecule has 1 N–H and O–H groups in total. The minimum atomic E-state index is -0.250. The summed E-state index contributed by atoms with van der Waals surface area (Å²) in [7, 11) is 0. The zero-order valence-electron chi connectivity index (χ0n) is 8.43. The third-order valence-electron chi connectivity index (χ3n) is 2.28. The van der Waals surface area contributed by atoms with Crippen LogP contribution in [0.15, 0.2) is 47.4 Å². The number of halogens is 1. The van der Waals surface area contributed by atoms with Crippen LogP contribution in [0.2, 0.25) is 5.02 Å². The maximum atomic E-state index is 11.5. The predicted octanol–water partition coefficient (Wildman–Crippen LogP) is 2.26. The van der Waals surface area contributed by atoms with E-state index in [2.05, 4.69) is 0 Å². The number of rotatable bonds is 2. The second kappa shape index (κ2) is 4.41. The number of aromatic hydroxyl groups is 1. The van der Waals surface area contributed by atoms with Crippen LogP contribution in [0.4, 0.5) is 0 Å². The number of aromatic nitrogens is 1. The highest BCUT2D eigenvalue weighted by Gasteiger charge is 2.02. The summed E-state index contributed by atoms with van der Waals surface area (Å²) in [5.41, 5.74) is 0.622.